The molecule has 1 fully saturated rings. The molecule has 6 heteroatoms. The molecular weight excluding hydrogens is 400 g/mol. The van der Waals surface area contributed by atoms with Crippen molar-refractivity contribution >= 4 is 5.91 Å². The van der Waals surface area contributed by atoms with Gasteiger partial charge in [-0.05, 0) is 69.5 Å². The van der Waals surface area contributed by atoms with Crippen LogP contribution in [0.2, 0.25) is 0 Å². The molecule has 172 valence electrons. The maximum atomic E-state index is 12.9. The molecule has 2 heterocycles. The number of likely N-dealkylation sites (tertiary alicyclic amines) is 1. The average molecular weight is 437 g/mol. The van der Waals surface area contributed by atoms with Gasteiger partial charge in [0.15, 0.2) is 0 Å². The Morgan fingerprint density at radius 1 is 1.16 bits per heavy atom. The van der Waals surface area contributed by atoms with E-state index >= 15 is 0 Å². The molecule has 1 aliphatic heterocycles. The number of nitrogens with one attached hydrogen (secondary N) is 1. The number of aryl methyl sites for hydroxylation is 1. The van der Waals surface area contributed by atoms with Crippen LogP contribution in [0.3, 0.4) is 0 Å². The molecule has 0 radical (unpaired) electrons. The van der Waals surface area contributed by atoms with E-state index in [2.05, 4.69) is 27.5 Å². The zero-order valence-corrected chi connectivity index (χ0v) is 19.4. The number of carbonyl (C=O) groups excluding carboxylic acids is 1. The number of rotatable bonds is 8. The van der Waals surface area contributed by atoms with Gasteiger partial charge < -0.3 is 15.0 Å². The van der Waals surface area contributed by atoms with Crippen LogP contribution in [-0.2, 0) is 20.0 Å². The first-order valence-electron chi connectivity index (χ1n) is 11.9. The SMILES string of the molecule is COc1ccccc1CNC(=O)c1cn(C)nc1CC1CCN(C[C@H]2CC=CCC2)CC1. The van der Waals surface area contributed by atoms with Crippen molar-refractivity contribution in [2.45, 2.75) is 45.1 Å². The third-order valence-corrected chi connectivity index (χ3v) is 6.87. The summed E-state index contributed by atoms with van der Waals surface area (Å²) in [6, 6.07) is 7.77. The average Bonchev–Trinajstić information content (AvgIpc) is 3.19. The van der Waals surface area contributed by atoms with E-state index < -0.39 is 0 Å². The Morgan fingerprint density at radius 3 is 2.72 bits per heavy atom. The summed E-state index contributed by atoms with van der Waals surface area (Å²) in [4.78, 5) is 15.6. The summed E-state index contributed by atoms with van der Waals surface area (Å²) in [6.45, 7) is 3.99. The van der Waals surface area contributed by atoms with Crippen LogP contribution >= 0.6 is 0 Å². The fraction of sp³-hybridized carbons (Fsp3) is 0.538. The summed E-state index contributed by atoms with van der Waals surface area (Å²) in [5, 5.41) is 7.68. The van der Waals surface area contributed by atoms with Crippen LogP contribution in [0, 0.1) is 11.8 Å². The third-order valence-electron chi connectivity index (χ3n) is 6.87. The second-order valence-electron chi connectivity index (χ2n) is 9.26. The molecule has 1 saturated heterocycles. The number of carbonyl (C=O) groups is 1. The fourth-order valence-electron chi connectivity index (χ4n) is 5.03. The molecule has 0 unspecified atom stereocenters. The second kappa shape index (κ2) is 10.8. The summed E-state index contributed by atoms with van der Waals surface area (Å²) in [5.74, 6) is 2.14. The molecule has 1 aliphatic carbocycles. The number of nitrogens with zero attached hydrogens (tertiary/aromatic N) is 3. The smallest absolute Gasteiger partial charge is 0.255 e. The van der Waals surface area contributed by atoms with Crippen LogP contribution < -0.4 is 10.1 Å². The molecule has 1 aromatic carbocycles. The van der Waals surface area contributed by atoms with Gasteiger partial charge in [-0.3, -0.25) is 9.48 Å². The van der Waals surface area contributed by atoms with Crippen LogP contribution in [-0.4, -0.2) is 47.3 Å². The Bertz CT molecular complexity index is 928. The molecule has 2 aliphatic rings. The standard InChI is InChI=1S/C26H36N4O2/c1-29-19-23(26(31)27-17-22-10-6-7-11-25(22)32-2)24(28-29)16-20-12-14-30(15-13-20)18-21-8-4-3-5-9-21/h3-4,6-7,10-11,19-21H,5,8-9,12-18H2,1-2H3,(H,27,31)/t21-/m0/s1. The lowest BCUT2D eigenvalue weighted by molar-refractivity contribution is 0.0949. The second-order valence-corrected chi connectivity index (χ2v) is 9.26. The monoisotopic (exact) mass is 436 g/mol. The minimum absolute atomic E-state index is 0.0678. The maximum absolute atomic E-state index is 12.9. The van der Waals surface area contributed by atoms with Gasteiger partial charge in [-0.1, -0.05) is 30.4 Å². The van der Waals surface area contributed by atoms with Crippen molar-refractivity contribution in [2.75, 3.05) is 26.7 Å². The summed E-state index contributed by atoms with van der Waals surface area (Å²) in [5.41, 5.74) is 2.58. The van der Waals surface area contributed by atoms with Crippen molar-refractivity contribution in [1.29, 1.82) is 0 Å². The number of methoxy groups -OCH3 is 1. The highest BCUT2D eigenvalue weighted by Gasteiger charge is 2.25. The molecule has 1 atom stereocenters. The summed E-state index contributed by atoms with van der Waals surface area (Å²) >= 11 is 0. The maximum Gasteiger partial charge on any atom is 0.255 e. The van der Waals surface area contributed by atoms with Crippen LogP contribution in [0.5, 0.6) is 5.75 Å². The molecule has 2 aromatic rings. The zero-order chi connectivity index (χ0) is 22.3. The van der Waals surface area contributed by atoms with Crippen LogP contribution in [0.25, 0.3) is 0 Å². The number of amides is 1. The number of piperidine rings is 1. The van der Waals surface area contributed by atoms with E-state index in [9.17, 15) is 4.79 Å². The Balaban J connectivity index is 1.30. The topological polar surface area (TPSA) is 59.4 Å². The minimum Gasteiger partial charge on any atom is -0.496 e. The molecule has 1 N–H and O–H groups in total. The van der Waals surface area contributed by atoms with Gasteiger partial charge in [-0.15, -0.1) is 0 Å². The van der Waals surface area contributed by atoms with Crippen molar-refractivity contribution in [1.82, 2.24) is 20.0 Å². The van der Waals surface area contributed by atoms with E-state index in [1.165, 1.54) is 38.6 Å². The number of para-hydroxylation sites is 1. The van der Waals surface area contributed by atoms with E-state index in [-0.39, 0.29) is 5.91 Å². The van der Waals surface area contributed by atoms with Crippen LogP contribution in [0.15, 0.2) is 42.6 Å². The predicted octanol–water partition coefficient (Wildman–Crippen LogP) is 3.97. The highest BCUT2D eigenvalue weighted by atomic mass is 16.5. The Morgan fingerprint density at radius 2 is 1.97 bits per heavy atom. The number of ether oxygens (including phenoxy) is 1. The molecular formula is C26H36N4O2. The van der Waals surface area contributed by atoms with Crippen molar-refractivity contribution < 1.29 is 9.53 Å². The Kier molecular flexibility index (Phi) is 7.63. The zero-order valence-electron chi connectivity index (χ0n) is 19.4. The number of benzene rings is 1. The lowest BCUT2D eigenvalue weighted by Crippen LogP contribution is -2.38. The van der Waals surface area contributed by atoms with E-state index in [1.807, 2.05) is 37.5 Å². The van der Waals surface area contributed by atoms with Gasteiger partial charge in [0.05, 0.1) is 18.4 Å². The molecule has 0 bridgehead atoms. The number of allylic oxidation sites excluding steroid dienone is 2. The van der Waals surface area contributed by atoms with Crippen molar-refractivity contribution in [2.24, 2.45) is 18.9 Å². The molecule has 32 heavy (non-hydrogen) atoms. The molecule has 6 nitrogen and oxygen atoms in total. The Hall–Kier alpha value is -2.60. The molecule has 0 spiro atoms. The van der Waals surface area contributed by atoms with Gasteiger partial charge in [0.2, 0.25) is 0 Å². The van der Waals surface area contributed by atoms with Crippen LogP contribution in [0.1, 0.15) is 53.7 Å². The predicted molar refractivity (Wildman–Crippen MR) is 127 cm³/mol. The van der Waals surface area contributed by atoms with Gasteiger partial charge in [0, 0.05) is 31.9 Å². The fourth-order valence-corrected chi connectivity index (χ4v) is 5.03. The van der Waals surface area contributed by atoms with Gasteiger partial charge in [0.1, 0.15) is 5.75 Å². The normalized spacial score (nSPS) is 19.8. The largest absolute Gasteiger partial charge is 0.496 e. The first-order valence-corrected chi connectivity index (χ1v) is 11.9. The Labute approximate surface area is 191 Å². The van der Waals surface area contributed by atoms with Gasteiger partial charge >= 0.3 is 0 Å². The first-order chi connectivity index (χ1) is 15.6. The summed E-state index contributed by atoms with van der Waals surface area (Å²) < 4.78 is 7.16. The number of aromatic nitrogens is 2. The first kappa shape index (κ1) is 22.6. The molecule has 0 saturated carbocycles. The highest BCUT2D eigenvalue weighted by molar-refractivity contribution is 5.95. The summed E-state index contributed by atoms with van der Waals surface area (Å²) in [6.07, 6.45) is 13.6. The van der Waals surface area contributed by atoms with Gasteiger partial charge in [-0.2, -0.15) is 5.10 Å². The number of hydrogen-bond acceptors (Lipinski definition) is 4. The molecule has 1 amide bonds. The lowest BCUT2D eigenvalue weighted by Gasteiger charge is -2.34. The van der Waals surface area contributed by atoms with Gasteiger partial charge in [-0.25, -0.2) is 0 Å². The summed E-state index contributed by atoms with van der Waals surface area (Å²) in [7, 11) is 3.54. The lowest BCUT2D eigenvalue weighted by atomic mass is 9.89. The van der Waals surface area contributed by atoms with Crippen molar-refractivity contribution in [3.8, 4) is 5.75 Å². The quantitative estimate of drug-likeness (QED) is 0.636. The van der Waals surface area contributed by atoms with E-state index in [1.54, 1.807) is 11.8 Å². The molecule has 1 aromatic heterocycles. The minimum atomic E-state index is -0.0678. The van der Waals surface area contributed by atoms with Crippen LogP contribution in [0.4, 0.5) is 0 Å². The third kappa shape index (κ3) is 5.80. The van der Waals surface area contributed by atoms with E-state index in [0.717, 1.165) is 42.4 Å². The van der Waals surface area contributed by atoms with Gasteiger partial charge in [0.25, 0.3) is 5.91 Å². The van der Waals surface area contributed by atoms with E-state index in [0.29, 0.717) is 18.0 Å². The number of hydrogen-bond donors (Lipinski definition) is 1. The molecule has 4 rings (SSSR count). The van der Waals surface area contributed by atoms with Crippen molar-refractivity contribution in [3.05, 3.63) is 59.4 Å². The highest BCUT2D eigenvalue weighted by Crippen LogP contribution is 2.26. The van der Waals surface area contributed by atoms with E-state index in [4.69, 9.17) is 4.74 Å². The van der Waals surface area contributed by atoms with Crippen molar-refractivity contribution in [3.63, 3.8) is 0 Å².